The predicted molar refractivity (Wildman–Crippen MR) is 369 cm³/mol. The van der Waals surface area contributed by atoms with Gasteiger partial charge in [0.2, 0.25) is 5.69 Å². The molecule has 6 aliphatic heterocycles. The predicted octanol–water partition coefficient (Wildman–Crippen LogP) is 16.2. The van der Waals surface area contributed by atoms with Gasteiger partial charge in [-0.05, 0) is 111 Å². The molecule has 0 bridgehead atoms. The molecule has 97 heavy (non-hydrogen) atoms. The quantitative estimate of drug-likeness (QED) is 0.112. The van der Waals surface area contributed by atoms with Crippen LogP contribution < -0.4 is 0 Å². The molecular formula is C73H69BrClN7O12S3. The average molecular weight is 1450 g/mol. The number of amides is 12. The van der Waals surface area contributed by atoms with Crippen molar-refractivity contribution < 1.29 is 57.5 Å². The summed E-state index contributed by atoms with van der Waals surface area (Å²) in [6, 6.07) is 3.87. The number of imide groups is 6. The van der Waals surface area contributed by atoms with E-state index in [1.807, 2.05) is 0 Å². The zero-order valence-electron chi connectivity index (χ0n) is 53.4. The number of halogens is 2. The third kappa shape index (κ3) is 9.95. The van der Waals surface area contributed by atoms with Crippen LogP contribution in [0.5, 0.6) is 0 Å². The van der Waals surface area contributed by atoms with Crippen LogP contribution in [0.2, 0.25) is 5.02 Å². The van der Waals surface area contributed by atoms with Gasteiger partial charge in [-0.25, -0.2) is 4.85 Å². The molecular weight excluding hydrogens is 1380 g/mol. The van der Waals surface area contributed by atoms with Crippen molar-refractivity contribution in [2.45, 2.75) is 229 Å². The van der Waals surface area contributed by atoms with Gasteiger partial charge in [0.25, 0.3) is 70.9 Å². The third-order valence-corrected chi connectivity index (χ3v) is 27.1. The Morgan fingerprint density at radius 2 is 0.546 bits per heavy atom. The Bertz CT molecular complexity index is 4430. The van der Waals surface area contributed by atoms with Crippen molar-refractivity contribution in [1.82, 2.24) is 29.4 Å². The van der Waals surface area contributed by atoms with Gasteiger partial charge in [-0.3, -0.25) is 86.9 Å². The molecule has 0 unspecified atom stereocenters. The molecule has 18 rings (SSSR count). The van der Waals surface area contributed by atoms with Gasteiger partial charge in [-0.2, -0.15) is 0 Å². The largest absolute Gasteiger partial charge is 0.272 e. The van der Waals surface area contributed by atoms with Crippen molar-refractivity contribution in [2.24, 2.45) is 0 Å². The average Bonchev–Trinajstić information content (AvgIpc) is 1.60. The summed E-state index contributed by atoms with van der Waals surface area (Å²) in [5.74, 6) is -4.31. The molecule has 6 saturated carbocycles. The molecule has 0 saturated heterocycles. The van der Waals surface area contributed by atoms with Gasteiger partial charge in [-0.1, -0.05) is 127 Å². The van der Waals surface area contributed by atoms with Crippen LogP contribution in [0.3, 0.4) is 0 Å². The van der Waals surface area contributed by atoms with Crippen LogP contribution in [0.1, 0.15) is 313 Å². The number of carbonyl (C=O) groups excluding carboxylic acids is 12. The number of nitrogens with zero attached hydrogens (tertiary/aromatic N) is 7. The Morgan fingerprint density at radius 1 is 0.309 bits per heavy atom. The first-order chi connectivity index (χ1) is 47.0. The lowest BCUT2D eigenvalue weighted by Crippen LogP contribution is -2.48. The number of benzene rings is 3. The lowest BCUT2D eigenvalue weighted by atomic mass is 9.87. The molecule has 0 radical (unpaired) electrons. The van der Waals surface area contributed by atoms with E-state index in [-0.39, 0.29) is 117 Å². The van der Waals surface area contributed by atoms with E-state index in [1.54, 1.807) is 6.07 Å². The summed E-state index contributed by atoms with van der Waals surface area (Å²) in [5.41, 5.74) is 1.98. The lowest BCUT2D eigenvalue weighted by Gasteiger charge is -2.36. The monoisotopic (exact) mass is 1450 g/mol. The van der Waals surface area contributed by atoms with E-state index in [9.17, 15) is 57.5 Å². The van der Waals surface area contributed by atoms with Gasteiger partial charge in [0, 0.05) is 78.6 Å². The van der Waals surface area contributed by atoms with Gasteiger partial charge in [0.05, 0.1) is 39.4 Å². The maximum atomic E-state index is 13.6. The smallest absolute Gasteiger partial charge is 0.271 e. The van der Waals surface area contributed by atoms with Crippen LogP contribution in [0, 0.1) is 6.57 Å². The van der Waals surface area contributed by atoms with Gasteiger partial charge >= 0.3 is 0 Å². The van der Waals surface area contributed by atoms with Crippen molar-refractivity contribution in [2.75, 3.05) is 0 Å². The molecule has 0 N–H and O–H groups in total. The molecule has 12 aliphatic rings. The van der Waals surface area contributed by atoms with Crippen molar-refractivity contribution in [1.29, 1.82) is 0 Å². The van der Waals surface area contributed by atoms with E-state index in [4.69, 9.17) is 18.2 Å². The summed E-state index contributed by atoms with van der Waals surface area (Å²) in [4.78, 5) is 176. The summed E-state index contributed by atoms with van der Waals surface area (Å²) in [6.07, 6.45) is 27.9. The zero-order valence-corrected chi connectivity index (χ0v) is 58.2. The minimum Gasteiger partial charge on any atom is -0.272 e. The van der Waals surface area contributed by atoms with Gasteiger partial charge in [0.1, 0.15) is 29.3 Å². The van der Waals surface area contributed by atoms with Crippen LogP contribution in [0.15, 0.2) is 22.7 Å². The summed E-state index contributed by atoms with van der Waals surface area (Å²) >= 11 is 13.5. The minimum atomic E-state index is -0.462. The Balaban J connectivity index is 0.000000114. The summed E-state index contributed by atoms with van der Waals surface area (Å²) < 4.78 is 0.523. The first kappa shape index (κ1) is 64.3. The maximum Gasteiger partial charge on any atom is 0.271 e. The standard InChI is InChI=1S/C25H23N3O4S.C24H23BrN2O4S.C24H23ClN2O4S/c1-26-16-12-15-17-19-18(16)23(30)28(14-10-6-3-7-11-14)25(32)21(19)33-20(17)24(31)27(22(15)29)13-8-4-2-5-9-13;2*25-15-11-14-16-18-17(15)22(29)27(13-9-5-2-6-10-13)24(31)20(18)32-19(16)23(30)26(21(14)28)12-7-3-1-4-8-12/h12-14H,2-11H2;2*11-13H,1-10H2. The Labute approximate surface area is 584 Å². The normalized spacial score (nSPS) is 22.2. The molecule has 6 aliphatic carbocycles. The molecule has 6 fully saturated rings. The van der Waals surface area contributed by atoms with Crippen molar-refractivity contribution in [3.8, 4) is 0 Å². The van der Waals surface area contributed by atoms with E-state index < -0.39 is 17.7 Å². The maximum absolute atomic E-state index is 13.6. The van der Waals surface area contributed by atoms with Crippen molar-refractivity contribution in [3.63, 3.8) is 0 Å². The molecule has 6 aromatic rings. The van der Waals surface area contributed by atoms with Crippen molar-refractivity contribution >= 4 is 170 Å². The van der Waals surface area contributed by atoms with E-state index in [0.717, 1.165) is 227 Å². The van der Waals surface area contributed by atoms with E-state index in [0.29, 0.717) is 82.7 Å². The van der Waals surface area contributed by atoms with Gasteiger partial charge < -0.3 is 0 Å². The molecule has 500 valence electrons. The molecule has 24 heteroatoms. The second kappa shape index (κ2) is 25.1. The number of hydrogen-bond donors (Lipinski definition) is 0. The van der Waals surface area contributed by atoms with Gasteiger partial charge in [-0.15, -0.1) is 34.0 Å². The number of rotatable bonds is 6. The zero-order chi connectivity index (χ0) is 67.1. The molecule has 9 heterocycles. The van der Waals surface area contributed by atoms with E-state index in [1.165, 1.54) is 41.5 Å². The fourth-order valence-electron chi connectivity index (χ4n) is 18.1. The van der Waals surface area contributed by atoms with Crippen LogP contribution in [0.4, 0.5) is 5.69 Å². The molecule has 19 nitrogen and oxygen atoms in total. The van der Waals surface area contributed by atoms with Crippen molar-refractivity contribution in [3.05, 3.63) is 102 Å². The van der Waals surface area contributed by atoms with E-state index in [2.05, 4.69) is 20.8 Å². The highest BCUT2D eigenvalue weighted by Gasteiger charge is 2.51. The highest BCUT2D eigenvalue weighted by molar-refractivity contribution is 9.10. The summed E-state index contributed by atoms with van der Waals surface area (Å²) in [7, 11) is 0. The van der Waals surface area contributed by atoms with Crippen LogP contribution in [-0.2, 0) is 0 Å². The highest BCUT2D eigenvalue weighted by Crippen LogP contribution is 2.52. The fraction of sp³-hybridized carbons (Fsp3) is 0.493. The second-order valence-corrected chi connectivity index (χ2v) is 32.5. The molecule has 12 amide bonds. The van der Waals surface area contributed by atoms with Crippen LogP contribution >= 0.6 is 61.5 Å². The lowest BCUT2D eigenvalue weighted by molar-refractivity contribution is 0.0488. The van der Waals surface area contributed by atoms with Crippen LogP contribution in [-0.4, -0.2) is 137 Å². The fourth-order valence-corrected chi connectivity index (χ4v) is 22.6. The first-order valence-electron chi connectivity index (χ1n) is 34.9. The number of thiophene rings is 3. The van der Waals surface area contributed by atoms with Crippen LogP contribution in [0.25, 0.3) is 37.2 Å². The topological polar surface area (TPSA) is 229 Å². The first-order valence-corrected chi connectivity index (χ1v) is 38.5. The number of hydrogen-bond acceptors (Lipinski definition) is 15. The third-order valence-electron chi connectivity index (χ3n) is 22.7. The summed E-state index contributed by atoms with van der Waals surface area (Å²) in [6.45, 7) is 7.74. The molecule has 0 spiro atoms. The summed E-state index contributed by atoms with van der Waals surface area (Å²) in [5, 5.41) is 2.74. The Kier molecular flexibility index (Phi) is 16.7. The molecule has 0 atom stereocenters. The minimum absolute atomic E-state index is 0.0905. The van der Waals surface area contributed by atoms with Gasteiger partial charge in [0.15, 0.2) is 0 Å². The second-order valence-electron chi connectivity index (χ2n) is 28.2. The Morgan fingerprint density at radius 3 is 0.856 bits per heavy atom. The molecule has 3 aromatic carbocycles. The Hall–Kier alpha value is -7.36. The SMILES string of the molecule is O=C1c2cc(Br)c3c4c(sc(c24)C(=O)N1C1CCCCC1)C(=O)N(C1CCCCC1)C3=O.O=C1c2cc(Cl)c3c4c(sc(c24)C(=O)N1C1CCCCC1)C(=O)N(C1CCCCC1)C3=O.[C-]#[N+]c1cc2c3c(sc4c3c1C(=O)N(C1CCCCC1)C4=O)C(=O)N(C1CCCCC1)C2=O. The molecule has 3 aromatic heterocycles. The highest BCUT2D eigenvalue weighted by atomic mass is 79.9. The van der Waals surface area contributed by atoms with E-state index >= 15 is 0 Å². The number of carbonyl (C=O) groups is 12.